The van der Waals surface area contributed by atoms with E-state index in [1.54, 1.807) is 0 Å². The third kappa shape index (κ3) is 3.72. The number of carboxylic acids is 1. The van der Waals surface area contributed by atoms with Gasteiger partial charge in [-0.15, -0.1) is 0 Å². The second kappa shape index (κ2) is 8.30. The van der Waals surface area contributed by atoms with Crippen LogP contribution in [0.5, 0.6) is 0 Å². The molecule has 3 aliphatic rings. The van der Waals surface area contributed by atoms with Crippen LogP contribution in [0.15, 0.2) is 48.5 Å². The monoisotopic (exact) mass is 434 g/mol. The normalized spacial score (nSPS) is 25.1. The predicted molar refractivity (Wildman–Crippen MR) is 117 cm³/mol. The summed E-state index contributed by atoms with van der Waals surface area (Å²) in [6.45, 7) is 0.0390. The molecule has 166 valence electrons. The lowest BCUT2D eigenvalue weighted by Gasteiger charge is -2.40. The van der Waals surface area contributed by atoms with Gasteiger partial charge in [-0.1, -0.05) is 48.5 Å². The number of ether oxygens (including phenoxy) is 1. The highest BCUT2D eigenvalue weighted by Gasteiger charge is 2.49. The van der Waals surface area contributed by atoms with E-state index in [9.17, 15) is 19.5 Å². The maximum Gasteiger partial charge on any atom is 0.407 e. The average Bonchev–Trinajstić information content (AvgIpc) is 3.30. The Bertz CT molecular complexity index is 1020. The first-order valence-electron chi connectivity index (χ1n) is 11.1. The van der Waals surface area contributed by atoms with Gasteiger partial charge < -0.3 is 20.5 Å². The number of carbonyl (C=O) groups is 3. The highest BCUT2D eigenvalue weighted by molar-refractivity contribution is 5.83. The molecule has 0 aromatic heterocycles. The summed E-state index contributed by atoms with van der Waals surface area (Å²) in [6, 6.07) is 16.2. The molecule has 0 bridgehead atoms. The van der Waals surface area contributed by atoms with Gasteiger partial charge in [0, 0.05) is 12.0 Å². The van der Waals surface area contributed by atoms with Gasteiger partial charge >= 0.3 is 12.1 Å². The van der Waals surface area contributed by atoms with Crippen molar-refractivity contribution < 1.29 is 24.2 Å². The number of benzene rings is 2. The minimum absolute atomic E-state index is 0.00108. The van der Waals surface area contributed by atoms with Gasteiger partial charge in [-0.05, 0) is 53.4 Å². The van der Waals surface area contributed by atoms with E-state index in [4.69, 9.17) is 4.74 Å². The molecule has 2 aromatic carbocycles. The molecule has 32 heavy (non-hydrogen) atoms. The van der Waals surface area contributed by atoms with Gasteiger partial charge in [0.25, 0.3) is 0 Å². The molecule has 0 spiro atoms. The number of carbonyl (C=O) groups excluding carboxylic acids is 2. The van der Waals surface area contributed by atoms with Gasteiger partial charge in [0.2, 0.25) is 5.91 Å². The maximum atomic E-state index is 12.2. The van der Waals surface area contributed by atoms with E-state index < -0.39 is 12.1 Å². The van der Waals surface area contributed by atoms with Gasteiger partial charge in [0.15, 0.2) is 0 Å². The quantitative estimate of drug-likeness (QED) is 0.648. The van der Waals surface area contributed by atoms with Crippen LogP contribution in [-0.4, -0.2) is 42.3 Å². The number of aliphatic carboxylic acids is 1. The van der Waals surface area contributed by atoms with Crippen molar-refractivity contribution in [2.45, 2.75) is 31.2 Å². The van der Waals surface area contributed by atoms with Gasteiger partial charge in [-0.3, -0.25) is 9.59 Å². The highest BCUT2D eigenvalue weighted by atomic mass is 16.5. The number of fused-ring (bicyclic) bond motifs is 4. The standard InChI is InChI=1S/C25H26N2O5/c28-23(27-22-11-14-9-15(24(29)30)10-20(14)22)12-26-25(31)32-13-21-18-7-3-1-5-16(18)17-6-2-4-8-19(17)21/h1-8,14-15,20-22H,9-13H2,(H,26,31)(H,27,28)(H,29,30)/t14-,15?,20-,22+/m0/s1. The molecule has 0 heterocycles. The van der Waals surface area contributed by atoms with Crippen LogP contribution < -0.4 is 10.6 Å². The van der Waals surface area contributed by atoms with Crippen LogP contribution in [0.25, 0.3) is 11.1 Å². The van der Waals surface area contributed by atoms with Gasteiger partial charge in [0.1, 0.15) is 13.2 Å². The van der Waals surface area contributed by atoms with E-state index in [2.05, 4.69) is 34.9 Å². The lowest BCUT2D eigenvalue weighted by molar-refractivity contribution is -0.141. The topological polar surface area (TPSA) is 105 Å². The predicted octanol–water partition coefficient (Wildman–Crippen LogP) is 3.14. The van der Waals surface area contributed by atoms with Crippen molar-refractivity contribution in [3.8, 4) is 11.1 Å². The van der Waals surface area contributed by atoms with Gasteiger partial charge in [-0.2, -0.15) is 0 Å². The number of carboxylic acid groups (broad SMARTS) is 1. The first-order valence-corrected chi connectivity index (χ1v) is 11.1. The third-order valence-corrected chi connectivity index (χ3v) is 7.26. The third-order valence-electron chi connectivity index (χ3n) is 7.26. The van der Waals surface area contributed by atoms with Crippen molar-refractivity contribution in [3.05, 3.63) is 59.7 Å². The fourth-order valence-corrected chi connectivity index (χ4v) is 5.65. The summed E-state index contributed by atoms with van der Waals surface area (Å²) in [6.07, 6.45) is 1.50. The molecular formula is C25H26N2O5. The van der Waals surface area contributed by atoms with E-state index in [-0.39, 0.29) is 42.9 Å². The molecule has 2 aromatic rings. The molecule has 1 unspecified atom stereocenters. The van der Waals surface area contributed by atoms with Crippen molar-refractivity contribution in [3.63, 3.8) is 0 Å². The van der Waals surface area contributed by atoms with Crippen LogP contribution in [0.1, 0.15) is 36.3 Å². The van der Waals surface area contributed by atoms with Crippen LogP contribution >= 0.6 is 0 Å². The van der Waals surface area contributed by atoms with E-state index >= 15 is 0 Å². The maximum absolute atomic E-state index is 12.2. The molecular weight excluding hydrogens is 408 g/mol. The fourth-order valence-electron chi connectivity index (χ4n) is 5.65. The summed E-state index contributed by atoms with van der Waals surface area (Å²) in [5.74, 6) is -0.739. The second-order valence-corrected chi connectivity index (χ2v) is 9.02. The van der Waals surface area contributed by atoms with Crippen LogP contribution in [0.4, 0.5) is 4.79 Å². The zero-order chi connectivity index (χ0) is 22.2. The summed E-state index contributed by atoms with van der Waals surface area (Å²) in [4.78, 5) is 35.6. The smallest absolute Gasteiger partial charge is 0.407 e. The largest absolute Gasteiger partial charge is 0.481 e. The van der Waals surface area contributed by atoms with E-state index in [0.29, 0.717) is 18.8 Å². The zero-order valence-electron chi connectivity index (χ0n) is 17.6. The van der Waals surface area contributed by atoms with Crippen LogP contribution in [0, 0.1) is 17.8 Å². The molecule has 3 N–H and O–H groups in total. The number of hydrogen-bond donors (Lipinski definition) is 3. The second-order valence-electron chi connectivity index (χ2n) is 9.02. The summed E-state index contributed by atoms with van der Waals surface area (Å²) >= 11 is 0. The number of nitrogens with one attached hydrogen (secondary N) is 2. The number of amides is 2. The molecule has 2 amide bonds. The lowest BCUT2D eigenvalue weighted by atomic mass is 9.71. The zero-order valence-corrected chi connectivity index (χ0v) is 17.6. The number of rotatable bonds is 6. The molecule has 2 fully saturated rings. The Morgan fingerprint density at radius 2 is 1.59 bits per heavy atom. The van der Waals surface area contributed by atoms with E-state index in [1.165, 1.54) is 0 Å². The highest BCUT2D eigenvalue weighted by Crippen LogP contribution is 2.49. The van der Waals surface area contributed by atoms with E-state index in [1.807, 2.05) is 24.3 Å². The van der Waals surface area contributed by atoms with Crippen LogP contribution in [-0.2, 0) is 14.3 Å². The number of hydrogen-bond acceptors (Lipinski definition) is 4. The Morgan fingerprint density at radius 1 is 0.938 bits per heavy atom. The van der Waals surface area contributed by atoms with Crippen molar-refractivity contribution in [1.82, 2.24) is 10.6 Å². The van der Waals surface area contributed by atoms with Crippen LogP contribution in [0.3, 0.4) is 0 Å². The summed E-state index contributed by atoms with van der Waals surface area (Å²) in [5, 5.41) is 14.6. The van der Waals surface area contributed by atoms with Crippen molar-refractivity contribution in [1.29, 1.82) is 0 Å². The summed E-state index contributed by atoms with van der Waals surface area (Å²) in [5.41, 5.74) is 4.59. The molecule has 3 aliphatic carbocycles. The molecule has 5 rings (SSSR count). The molecule has 7 nitrogen and oxygen atoms in total. The Labute approximate surface area is 186 Å². The van der Waals surface area contributed by atoms with Gasteiger partial charge in [0.05, 0.1) is 5.92 Å². The molecule has 4 atom stereocenters. The molecule has 0 radical (unpaired) electrons. The van der Waals surface area contributed by atoms with Crippen LogP contribution in [0.2, 0.25) is 0 Å². The summed E-state index contributed by atoms with van der Waals surface area (Å²) < 4.78 is 5.45. The lowest BCUT2D eigenvalue weighted by Crippen LogP contribution is -2.52. The first kappa shape index (κ1) is 20.5. The summed E-state index contributed by atoms with van der Waals surface area (Å²) in [7, 11) is 0. The molecule has 0 aliphatic heterocycles. The Balaban J connectivity index is 1.10. The number of alkyl carbamates (subject to hydrolysis) is 1. The Morgan fingerprint density at radius 3 is 2.25 bits per heavy atom. The molecule has 7 heteroatoms. The van der Waals surface area contributed by atoms with Gasteiger partial charge in [-0.25, -0.2) is 4.79 Å². The average molecular weight is 434 g/mol. The molecule has 0 saturated heterocycles. The SMILES string of the molecule is O=C(CNC(=O)OCC1c2ccccc2-c2ccccc21)N[C@@H]1C[C@@H]2CC(C(=O)O)C[C@@H]21. The molecule has 2 saturated carbocycles. The van der Waals surface area contributed by atoms with Crippen molar-refractivity contribution in [2.75, 3.05) is 13.2 Å². The fraction of sp³-hybridized carbons (Fsp3) is 0.400. The van der Waals surface area contributed by atoms with E-state index in [0.717, 1.165) is 28.7 Å². The van der Waals surface area contributed by atoms with Crippen molar-refractivity contribution >= 4 is 18.0 Å². The van der Waals surface area contributed by atoms with Crippen molar-refractivity contribution in [2.24, 2.45) is 17.8 Å². The Kier molecular flexibility index (Phi) is 5.33. The first-order chi connectivity index (χ1) is 15.5. The minimum Gasteiger partial charge on any atom is -0.481 e. The minimum atomic E-state index is -0.749. The Hall–Kier alpha value is -3.35.